The van der Waals surface area contributed by atoms with E-state index in [0.29, 0.717) is 0 Å². The van der Waals surface area contributed by atoms with Gasteiger partial charge in [0, 0.05) is 0 Å². The van der Waals surface area contributed by atoms with Crippen molar-refractivity contribution in [3.05, 3.63) is 0 Å². The molecule has 0 bridgehead atoms. The van der Waals surface area contributed by atoms with Gasteiger partial charge in [-0.25, -0.2) is 4.31 Å². The second kappa shape index (κ2) is 11.9. The van der Waals surface area contributed by atoms with Crippen molar-refractivity contribution in [3.8, 4) is 0 Å². The van der Waals surface area contributed by atoms with Crippen LogP contribution in [0.2, 0.25) is 0 Å². The number of hydrogen-bond donors (Lipinski definition) is 0. The molecule has 0 saturated heterocycles. The van der Waals surface area contributed by atoms with Crippen molar-refractivity contribution in [1.29, 1.82) is 0 Å². The molecule has 104 valence electrons. The fourth-order valence-electron chi connectivity index (χ4n) is 0.397. The molecule has 0 heterocycles. The van der Waals surface area contributed by atoms with Crippen molar-refractivity contribution in [3.63, 3.8) is 0 Å². The molecule has 0 amide bonds. The zero-order valence-corrected chi connectivity index (χ0v) is 19.4. The van der Waals surface area contributed by atoms with E-state index < -0.39 is 31.3 Å². The summed E-state index contributed by atoms with van der Waals surface area (Å²) in [7, 11) is -24.9. The van der Waals surface area contributed by atoms with Crippen LogP contribution in [0.25, 0.3) is 0 Å². The molecule has 2 unspecified atom stereocenters. The number of rotatable bonds is 6. The van der Waals surface area contributed by atoms with Gasteiger partial charge in [-0.15, -0.1) is 0 Å². The molecule has 0 aliphatic heterocycles. The summed E-state index contributed by atoms with van der Waals surface area (Å²) >= 11 is 0. The average molecular weight is 452 g/mol. The van der Waals surface area contributed by atoms with Crippen LogP contribution in [0, 0.1) is 0 Å². The van der Waals surface area contributed by atoms with Crippen molar-refractivity contribution < 1.29 is 60.6 Å². The van der Waals surface area contributed by atoms with Crippen LogP contribution in [0.3, 0.4) is 0 Å². The first-order valence-corrected chi connectivity index (χ1v) is 8.76. The van der Waals surface area contributed by atoms with Crippen LogP contribution in [-0.4, -0.2) is 113 Å². The molecule has 20 heteroatoms. The van der Waals surface area contributed by atoms with Gasteiger partial charge in [0.2, 0.25) is 0 Å². The minimum Gasteiger partial charge on any atom is -0.790 e. The van der Waals surface area contributed by atoms with Crippen LogP contribution in [0.4, 0.5) is 0 Å². The van der Waals surface area contributed by atoms with Gasteiger partial charge >= 0.3 is 113 Å². The van der Waals surface area contributed by atoms with Crippen LogP contribution in [0.5, 0.6) is 0 Å². The van der Waals surface area contributed by atoms with E-state index in [0.717, 1.165) is 0 Å². The first-order valence-electron chi connectivity index (χ1n) is 2.92. The maximum Gasteiger partial charge on any atom is 2.00 e. The third-order valence-corrected chi connectivity index (χ3v) is 5.40. The molecule has 0 spiro atoms. The molecule has 0 aliphatic carbocycles. The van der Waals surface area contributed by atoms with Gasteiger partial charge in [0.15, 0.2) is 0 Å². The average Bonchev–Trinajstić information content (AvgIpc) is 1.65. The van der Waals surface area contributed by atoms with Gasteiger partial charge in [0.05, 0.1) is 15.6 Å². The van der Waals surface area contributed by atoms with Crippen LogP contribution in [0.15, 0.2) is 0 Å². The Labute approximate surface area is 201 Å². The maximum atomic E-state index is 10.4. The van der Waals surface area contributed by atoms with E-state index in [1.54, 1.807) is 0 Å². The quantitative estimate of drug-likeness (QED) is 0.270. The van der Waals surface area contributed by atoms with Gasteiger partial charge in [-0.05, 0) is 0 Å². The van der Waals surface area contributed by atoms with Crippen LogP contribution < -0.4 is 29.4 Å². The Balaban J connectivity index is -0.000000427. The van der Waals surface area contributed by atoms with E-state index in [2.05, 4.69) is 12.9 Å². The Bertz CT molecular complexity index is 414. The van der Waals surface area contributed by atoms with E-state index in [1.807, 2.05) is 0 Å². The molecule has 0 aromatic heterocycles. The van der Waals surface area contributed by atoms with Crippen molar-refractivity contribution in [1.82, 2.24) is 0 Å². The largest absolute Gasteiger partial charge is 2.00 e. The fraction of sp³-hybridized carbons (Fsp3) is 0. The smallest absolute Gasteiger partial charge is 0.790 e. The third kappa shape index (κ3) is 20.4. The molecule has 0 rings (SSSR count). The Hall–Kier alpha value is 4.34. The molecule has 0 saturated carbocycles. The zero-order chi connectivity index (χ0) is 14.1. The predicted octanol–water partition coefficient (Wildman–Crippen LogP) is -5.51. The van der Waals surface area contributed by atoms with Gasteiger partial charge in [-0.1, -0.05) is 0 Å². The van der Waals surface area contributed by atoms with E-state index in [-0.39, 0.29) is 113 Å². The molecule has 0 radical (unpaired) electrons. The van der Waals surface area contributed by atoms with Crippen molar-refractivity contribution in [2.24, 2.45) is 0 Å². The summed E-state index contributed by atoms with van der Waals surface area (Å²) in [6.45, 7) is 0. The van der Waals surface area contributed by atoms with E-state index in [4.69, 9.17) is 0 Å². The molecule has 0 aromatic carbocycles. The second-order valence-electron chi connectivity index (χ2n) is 2.03. The molecule has 0 aromatic rings. The monoisotopic (exact) mass is 452 g/mol. The summed E-state index contributed by atoms with van der Waals surface area (Å²) in [6.07, 6.45) is 0. The van der Waals surface area contributed by atoms with Crippen molar-refractivity contribution in [2.75, 3.05) is 0 Å². The molecule has 2 atom stereocenters. The topological polar surface area (TPSA) is 234 Å². The second-order valence-corrected chi connectivity index (χ2v) is 7.57. The Morgan fingerprint density at radius 3 is 0.850 bits per heavy atom. The number of hydrogen-bond acceptors (Lipinski definition) is 13. The summed E-state index contributed by atoms with van der Waals surface area (Å²) < 4.78 is 48.5. The molecule has 0 N–H and O–H groups in total. The Morgan fingerprint density at radius 2 is 0.700 bits per heavy atom. The summed E-state index contributed by atoms with van der Waals surface area (Å²) in [4.78, 5) is 60.0. The minimum absolute atomic E-state index is 0. The Kier molecular flexibility index (Phi) is 19.0. The predicted molar refractivity (Wildman–Crippen MR) is 50.9 cm³/mol. The standard InChI is InChI=1S/3Ca.H6O13P4/c;;;1-14(2,3)11-16(7,8)13-17(9,10)12-15(4,5)6/h;;;(H,7,8)(H,9,10)(H2,1,2,3)(H2,4,5,6)/q3*+2;/p-6. The normalized spacial score (nSPS) is 17.5. The first kappa shape index (κ1) is 32.0. The van der Waals surface area contributed by atoms with Gasteiger partial charge in [0.25, 0.3) is 15.6 Å². The maximum absolute atomic E-state index is 10.4. The van der Waals surface area contributed by atoms with Crippen LogP contribution in [0.1, 0.15) is 0 Å². The van der Waals surface area contributed by atoms with Gasteiger partial charge in [-0.3, -0.25) is 17.8 Å². The summed E-state index contributed by atoms with van der Waals surface area (Å²) in [5.41, 5.74) is 0. The number of phosphoric acid groups is 4. The Morgan fingerprint density at radius 1 is 0.500 bits per heavy atom. The molecule has 0 aliphatic rings. The summed E-state index contributed by atoms with van der Waals surface area (Å²) in [5, 5.41) is 0. The molecule has 20 heavy (non-hydrogen) atoms. The van der Waals surface area contributed by atoms with Crippen molar-refractivity contribution in [2.45, 2.75) is 0 Å². The van der Waals surface area contributed by atoms with Crippen LogP contribution in [-0.2, 0) is 31.2 Å². The molecular formula is Ca3O13P4. The first-order chi connectivity index (χ1) is 7.12. The van der Waals surface area contributed by atoms with E-state index >= 15 is 0 Å². The summed E-state index contributed by atoms with van der Waals surface area (Å²) in [5.74, 6) is 0. The summed E-state index contributed by atoms with van der Waals surface area (Å²) in [6, 6.07) is 0. The SMILES string of the molecule is O=P([O-])([O-])OP(=O)([O-])OP(=O)([O-])OP(=O)([O-])[O-].[Ca+2].[Ca+2].[Ca+2]. The molecule has 0 fully saturated rings. The minimum atomic E-state index is -6.26. The van der Waals surface area contributed by atoms with E-state index in [1.165, 1.54) is 0 Å². The fourth-order valence-corrected chi connectivity index (χ4v) is 4.11. The van der Waals surface area contributed by atoms with E-state index in [9.17, 15) is 47.6 Å². The van der Waals surface area contributed by atoms with Gasteiger partial charge < -0.3 is 38.5 Å². The molecular weight excluding hydrogens is 452 g/mol. The van der Waals surface area contributed by atoms with Gasteiger partial charge in [-0.2, -0.15) is 0 Å². The van der Waals surface area contributed by atoms with Gasteiger partial charge in [0.1, 0.15) is 0 Å². The van der Waals surface area contributed by atoms with Crippen LogP contribution >= 0.6 is 31.3 Å². The van der Waals surface area contributed by atoms with Crippen molar-refractivity contribution >= 4 is 145 Å². The zero-order valence-electron chi connectivity index (χ0n) is 9.22. The molecule has 13 nitrogen and oxygen atoms in total. The third-order valence-electron chi connectivity index (χ3n) is 0.600.